The van der Waals surface area contributed by atoms with E-state index in [4.69, 9.17) is 16.2 Å². The number of carbonyl (C=O) groups is 1. The van der Waals surface area contributed by atoms with Crippen molar-refractivity contribution in [2.75, 3.05) is 30.8 Å². The predicted octanol–water partition coefficient (Wildman–Crippen LogP) is 3.52. The molecule has 0 saturated heterocycles. The van der Waals surface area contributed by atoms with Crippen molar-refractivity contribution < 1.29 is 9.53 Å². The Hall–Kier alpha value is -2.79. The van der Waals surface area contributed by atoms with E-state index in [1.54, 1.807) is 12.1 Å². The fraction of sp³-hybridized carbons (Fsp3) is 0.250. The molecule has 0 unspecified atom stereocenters. The molecule has 0 aliphatic heterocycles. The van der Waals surface area contributed by atoms with Gasteiger partial charge in [-0.25, -0.2) is 0 Å². The molecule has 5 N–H and O–H groups in total. The van der Waals surface area contributed by atoms with E-state index < -0.39 is 5.91 Å². The van der Waals surface area contributed by atoms with Crippen LogP contribution in [0.3, 0.4) is 0 Å². The van der Waals surface area contributed by atoms with Crippen LogP contribution in [0.1, 0.15) is 29.3 Å². The van der Waals surface area contributed by atoms with E-state index in [2.05, 4.69) is 11.9 Å². The number of rotatable bonds is 9. The van der Waals surface area contributed by atoms with Gasteiger partial charge in [0.2, 0.25) is 0 Å². The number of anilines is 2. The molecule has 2 aromatic rings. The Morgan fingerprint density at radius 3 is 2.76 bits per heavy atom. The van der Waals surface area contributed by atoms with Crippen LogP contribution in [-0.4, -0.2) is 25.7 Å². The smallest absolute Gasteiger partial charge is 0.250 e. The van der Waals surface area contributed by atoms with Crippen LogP contribution in [0.2, 0.25) is 0 Å². The Morgan fingerprint density at radius 2 is 2.12 bits per heavy atom. The molecule has 5 heteroatoms. The number of primary amides is 1. The van der Waals surface area contributed by atoms with Crippen molar-refractivity contribution in [2.24, 2.45) is 5.73 Å². The van der Waals surface area contributed by atoms with E-state index in [9.17, 15) is 4.79 Å². The molecule has 2 rings (SSSR count). The standard InChI is InChI=1S/C20H25N3O2/c1-3-16-17(14-7-5-8-15(21)13-14)9-10-18(20(22)24)19(16)23-11-6-12-25-4-2/h3,5,7-10,13,23H,1,4,6,11-12,21H2,2H3,(H2,22,24). The lowest BCUT2D eigenvalue weighted by Crippen LogP contribution is -2.17. The van der Waals surface area contributed by atoms with Crippen LogP contribution in [0.4, 0.5) is 11.4 Å². The lowest BCUT2D eigenvalue weighted by molar-refractivity contribution is 0.100. The predicted molar refractivity (Wildman–Crippen MR) is 104 cm³/mol. The van der Waals surface area contributed by atoms with Crippen molar-refractivity contribution >= 4 is 23.4 Å². The summed E-state index contributed by atoms with van der Waals surface area (Å²) in [5.41, 5.74) is 16.0. The fourth-order valence-electron chi connectivity index (χ4n) is 2.72. The van der Waals surface area contributed by atoms with Crippen molar-refractivity contribution in [3.05, 3.63) is 54.1 Å². The molecular formula is C20H25N3O2. The number of nitrogens with one attached hydrogen (secondary N) is 1. The van der Waals surface area contributed by atoms with E-state index in [1.807, 2.05) is 37.3 Å². The third-order valence-electron chi connectivity index (χ3n) is 3.88. The summed E-state index contributed by atoms with van der Waals surface area (Å²) >= 11 is 0. The third-order valence-corrected chi connectivity index (χ3v) is 3.88. The van der Waals surface area contributed by atoms with E-state index in [-0.39, 0.29) is 0 Å². The van der Waals surface area contributed by atoms with Crippen LogP contribution in [0, 0.1) is 0 Å². The Kier molecular flexibility index (Phi) is 6.60. The number of hydrogen-bond donors (Lipinski definition) is 3. The first kappa shape index (κ1) is 18.5. The average Bonchev–Trinajstić information content (AvgIpc) is 2.60. The average molecular weight is 339 g/mol. The highest BCUT2D eigenvalue weighted by Crippen LogP contribution is 2.33. The van der Waals surface area contributed by atoms with Crippen molar-refractivity contribution in [3.8, 4) is 11.1 Å². The van der Waals surface area contributed by atoms with Gasteiger partial charge in [0.25, 0.3) is 5.91 Å². The summed E-state index contributed by atoms with van der Waals surface area (Å²) in [7, 11) is 0. The van der Waals surface area contributed by atoms with Crippen LogP contribution in [0.5, 0.6) is 0 Å². The number of nitrogens with two attached hydrogens (primary N) is 2. The first-order valence-electron chi connectivity index (χ1n) is 8.35. The number of carbonyl (C=O) groups excluding carboxylic acids is 1. The minimum atomic E-state index is -0.477. The minimum Gasteiger partial charge on any atom is -0.399 e. The molecule has 132 valence electrons. The highest BCUT2D eigenvalue weighted by atomic mass is 16.5. The SMILES string of the molecule is C=Cc1c(-c2cccc(N)c2)ccc(C(N)=O)c1NCCCOCC. The lowest BCUT2D eigenvalue weighted by atomic mass is 9.94. The monoisotopic (exact) mass is 339 g/mol. The van der Waals surface area contributed by atoms with Crippen LogP contribution in [-0.2, 0) is 4.74 Å². The highest BCUT2D eigenvalue weighted by Gasteiger charge is 2.15. The lowest BCUT2D eigenvalue weighted by Gasteiger charge is -2.17. The number of amides is 1. The first-order chi connectivity index (χ1) is 12.1. The van der Waals surface area contributed by atoms with Gasteiger partial charge in [-0.3, -0.25) is 4.79 Å². The van der Waals surface area contributed by atoms with Crippen LogP contribution >= 0.6 is 0 Å². The molecule has 0 radical (unpaired) electrons. The Morgan fingerprint density at radius 1 is 1.32 bits per heavy atom. The van der Waals surface area contributed by atoms with Gasteiger partial charge in [0.1, 0.15) is 0 Å². The van der Waals surface area contributed by atoms with E-state index in [1.165, 1.54) is 0 Å². The highest BCUT2D eigenvalue weighted by molar-refractivity contribution is 6.02. The molecule has 1 amide bonds. The van der Waals surface area contributed by atoms with Crippen molar-refractivity contribution in [1.29, 1.82) is 0 Å². The van der Waals surface area contributed by atoms with Crippen LogP contribution in [0.25, 0.3) is 17.2 Å². The van der Waals surface area contributed by atoms with Gasteiger partial charge >= 0.3 is 0 Å². The Bertz CT molecular complexity index is 757. The van der Waals surface area contributed by atoms with Gasteiger partial charge in [-0.15, -0.1) is 0 Å². The molecule has 0 aromatic heterocycles. The fourth-order valence-corrected chi connectivity index (χ4v) is 2.72. The molecule has 0 heterocycles. The summed E-state index contributed by atoms with van der Waals surface area (Å²) in [6, 6.07) is 11.2. The van der Waals surface area contributed by atoms with Crippen molar-refractivity contribution in [3.63, 3.8) is 0 Å². The number of hydrogen-bond acceptors (Lipinski definition) is 4. The molecule has 0 aliphatic rings. The van der Waals surface area contributed by atoms with Crippen molar-refractivity contribution in [2.45, 2.75) is 13.3 Å². The molecule has 0 atom stereocenters. The number of benzene rings is 2. The van der Waals surface area contributed by atoms with Gasteiger partial charge in [-0.2, -0.15) is 0 Å². The van der Waals surface area contributed by atoms with Crippen LogP contribution < -0.4 is 16.8 Å². The summed E-state index contributed by atoms with van der Waals surface area (Å²) in [5.74, 6) is -0.477. The topological polar surface area (TPSA) is 90.4 Å². The third kappa shape index (κ3) is 4.61. The van der Waals surface area contributed by atoms with Gasteiger partial charge < -0.3 is 21.5 Å². The number of ether oxygens (including phenoxy) is 1. The van der Waals surface area contributed by atoms with Gasteiger partial charge in [0.05, 0.1) is 11.3 Å². The second-order valence-corrected chi connectivity index (χ2v) is 5.62. The molecule has 25 heavy (non-hydrogen) atoms. The maximum Gasteiger partial charge on any atom is 0.250 e. The molecule has 2 aromatic carbocycles. The van der Waals surface area contributed by atoms with E-state index >= 15 is 0 Å². The molecule has 0 fully saturated rings. The molecule has 0 spiro atoms. The first-order valence-corrected chi connectivity index (χ1v) is 8.35. The molecule has 0 saturated carbocycles. The van der Waals surface area contributed by atoms with Gasteiger partial charge in [0, 0.05) is 31.0 Å². The maximum absolute atomic E-state index is 11.8. The Balaban J connectivity index is 2.41. The summed E-state index contributed by atoms with van der Waals surface area (Å²) in [5, 5.41) is 3.31. The van der Waals surface area contributed by atoms with Crippen LogP contribution in [0.15, 0.2) is 43.0 Å². The van der Waals surface area contributed by atoms with Crippen molar-refractivity contribution in [1.82, 2.24) is 0 Å². The van der Waals surface area contributed by atoms with Gasteiger partial charge in [-0.05, 0) is 42.7 Å². The molecular weight excluding hydrogens is 314 g/mol. The zero-order valence-corrected chi connectivity index (χ0v) is 14.5. The molecule has 0 aliphatic carbocycles. The Labute approximate surface area is 148 Å². The summed E-state index contributed by atoms with van der Waals surface area (Å²) < 4.78 is 5.35. The zero-order chi connectivity index (χ0) is 18.2. The second-order valence-electron chi connectivity index (χ2n) is 5.62. The molecule has 0 bridgehead atoms. The normalized spacial score (nSPS) is 10.4. The summed E-state index contributed by atoms with van der Waals surface area (Å²) in [6.45, 7) is 7.89. The largest absolute Gasteiger partial charge is 0.399 e. The maximum atomic E-state index is 11.8. The van der Waals surface area contributed by atoms with E-state index in [0.717, 1.165) is 23.1 Å². The quantitative estimate of drug-likeness (QED) is 0.481. The van der Waals surface area contributed by atoms with Gasteiger partial charge in [-0.1, -0.05) is 30.9 Å². The minimum absolute atomic E-state index is 0.443. The second kappa shape index (κ2) is 8.89. The number of nitrogen functional groups attached to an aromatic ring is 1. The van der Waals surface area contributed by atoms with Gasteiger partial charge in [0.15, 0.2) is 0 Å². The molecule has 5 nitrogen and oxygen atoms in total. The zero-order valence-electron chi connectivity index (χ0n) is 14.5. The summed E-state index contributed by atoms with van der Waals surface area (Å²) in [6.07, 6.45) is 2.56. The van der Waals surface area contributed by atoms with E-state index in [0.29, 0.717) is 36.7 Å². The summed E-state index contributed by atoms with van der Waals surface area (Å²) in [4.78, 5) is 11.8.